The maximum absolute atomic E-state index is 11.7. The van der Waals surface area contributed by atoms with Crippen molar-refractivity contribution < 1.29 is 9.53 Å². The lowest BCUT2D eigenvalue weighted by molar-refractivity contribution is -0.125. The second-order valence-electron chi connectivity index (χ2n) is 5.44. The molecule has 0 fully saturated rings. The zero-order valence-corrected chi connectivity index (χ0v) is 12.4. The first kappa shape index (κ1) is 14.0. The number of benzene rings is 1. The molecule has 0 bridgehead atoms. The molecule has 0 saturated heterocycles. The highest BCUT2D eigenvalue weighted by molar-refractivity contribution is 7.22. The number of anilines is 1. The largest absolute Gasteiger partial charge is 0.366 e. The van der Waals surface area contributed by atoms with E-state index < -0.39 is 0 Å². The number of carbonyl (C=O) groups excluding carboxylic acids is 1. The number of fused-ring (bicyclic) bond motifs is 1. The zero-order chi connectivity index (χ0) is 14.0. The van der Waals surface area contributed by atoms with E-state index in [0.29, 0.717) is 5.13 Å². The van der Waals surface area contributed by atoms with Gasteiger partial charge in [0.25, 0.3) is 5.91 Å². The molecule has 0 saturated carbocycles. The Bertz CT molecular complexity index is 599. The van der Waals surface area contributed by atoms with Gasteiger partial charge >= 0.3 is 0 Å². The summed E-state index contributed by atoms with van der Waals surface area (Å²) in [6.45, 7) is 7.83. The van der Waals surface area contributed by atoms with Gasteiger partial charge in [0.1, 0.15) is 6.61 Å². The smallest absolute Gasteiger partial charge is 0.252 e. The molecule has 0 aliphatic heterocycles. The minimum atomic E-state index is -0.317. The van der Waals surface area contributed by atoms with Crippen molar-refractivity contribution in [2.24, 2.45) is 0 Å². The summed E-state index contributed by atoms with van der Waals surface area (Å²) in [5.41, 5.74) is 1.77. The summed E-state index contributed by atoms with van der Waals surface area (Å²) in [6, 6.07) is 6.03. The van der Waals surface area contributed by atoms with E-state index in [4.69, 9.17) is 4.74 Å². The van der Waals surface area contributed by atoms with Gasteiger partial charge in [-0.05, 0) is 45.4 Å². The Hall–Kier alpha value is -1.46. The summed E-state index contributed by atoms with van der Waals surface area (Å²) in [5.74, 6) is -0.175. The third-order valence-electron chi connectivity index (χ3n) is 2.43. The summed E-state index contributed by atoms with van der Waals surface area (Å²) < 4.78 is 6.50. The predicted octanol–water partition coefficient (Wildman–Crippen LogP) is 3.36. The molecule has 0 radical (unpaired) electrons. The van der Waals surface area contributed by atoms with Crippen molar-refractivity contribution in [1.29, 1.82) is 0 Å². The highest BCUT2D eigenvalue weighted by atomic mass is 32.1. The van der Waals surface area contributed by atoms with Gasteiger partial charge in [-0.1, -0.05) is 17.4 Å². The molecule has 102 valence electrons. The number of nitrogens with zero attached hydrogens (tertiary/aromatic N) is 1. The van der Waals surface area contributed by atoms with Gasteiger partial charge in [0.2, 0.25) is 0 Å². The van der Waals surface area contributed by atoms with Gasteiger partial charge in [-0.25, -0.2) is 4.98 Å². The van der Waals surface area contributed by atoms with Crippen molar-refractivity contribution in [2.45, 2.75) is 33.3 Å². The number of aryl methyl sites for hydroxylation is 1. The van der Waals surface area contributed by atoms with E-state index in [0.717, 1.165) is 10.2 Å². The molecule has 0 aliphatic rings. The Kier molecular flexibility index (Phi) is 3.87. The Morgan fingerprint density at radius 1 is 1.42 bits per heavy atom. The summed E-state index contributed by atoms with van der Waals surface area (Å²) in [7, 11) is 0. The third-order valence-corrected chi connectivity index (χ3v) is 3.36. The fourth-order valence-electron chi connectivity index (χ4n) is 1.52. The lowest BCUT2D eigenvalue weighted by Gasteiger charge is -2.18. The number of aromatic nitrogens is 1. The van der Waals surface area contributed by atoms with E-state index in [1.54, 1.807) is 0 Å². The number of ether oxygens (including phenoxy) is 1. The first-order valence-electron chi connectivity index (χ1n) is 6.14. The maximum atomic E-state index is 11.7. The number of thiazole rings is 1. The van der Waals surface area contributed by atoms with Gasteiger partial charge in [0.05, 0.1) is 15.8 Å². The van der Waals surface area contributed by atoms with Crippen LogP contribution in [0.5, 0.6) is 0 Å². The van der Waals surface area contributed by atoms with Gasteiger partial charge in [-0.3, -0.25) is 10.1 Å². The van der Waals surface area contributed by atoms with Crippen LogP contribution >= 0.6 is 11.3 Å². The van der Waals surface area contributed by atoms with Gasteiger partial charge < -0.3 is 4.74 Å². The van der Waals surface area contributed by atoms with Gasteiger partial charge in [0.15, 0.2) is 5.13 Å². The molecule has 0 atom stereocenters. The molecule has 19 heavy (non-hydrogen) atoms. The molecular formula is C14H18N2O2S. The summed E-state index contributed by atoms with van der Waals surface area (Å²) in [5, 5.41) is 3.38. The van der Waals surface area contributed by atoms with Crippen molar-refractivity contribution in [3.8, 4) is 0 Å². The third kappa shape index (κ3) is 4.01. The number of rotatable bonds is 3. The number of carbonyl (C=O) groups is 1. The van der Waals surface area contributed by atoms with Crippen LogP contribution in [0.1, 0.15) is 26.3 Å². The van der Waals surface area contributed by atoms with Gasteiger partial charge in [-0.2, -0.15) is 0 Å². The van der Waals surface area contributed by atoms with Crippen LogP contribution in [0.4, 0.5) is 5.13 Å². The van der Waals surface area contributed by atoms with Crippen molar-refractivity contribution in [3.05, 3.63) is 23.8 Å². The SMILES string of the molecule is Cc1ccc2nc(NC(=O)COC(C)(C)C)sc2c1. The molecule has 0 aliphatic carbocycles. The van der Waals surface area contributed by atoms with Crippen LogP contribution in [0.15, 0.2) is 18.2 Å². The van der Waals surface area contributed by atoms with Crippen LogP contribution in [0.25, 0.3) is 10.2 Å². The van der Waals surface area contributed by atoms with E-state index in [1.165, 1.54) is 16.9 Å². The molecule has 1 aromatic heterocycles. The molecule has 1 heterocycles. The molecular weight excluding hydrogens is 260 g/mol. The molecule has 2 aromatic rings. The fraction of sp³-hybridized carbons (Fsp3) is 0.429. The van der Waals surface area contributed by atoms with E-state index in [2.05, 4.69) is 16.4 Å². The van der Waals surface area contributed by atoms with Crippen molar-refractivity contribution >= 4 is 32.6 Å². The van der Waals surface area contributed by atoms with Gasteiger partial charge in [0, 0.05) is 0 Å². The van der Waals surface area contributed by atoms with Crippen LogP contribution in [-0.2, 0) is 9.53 Å². The second kappa shape index (κ2) is 5.27. The predicted molar refractivity (Wildman–Crippen MR) is 78.7 cm³/mol. The normalized spacial score (nSPS) is 11.8. The molecule has 0 spiro atoms. The molecule has 1 N–H and O–H groups in total. The average Bonchev–Trinajstić information content (AvgIpc) is 2.66. The monoisotopic (exact) mass is 278 g/mol. The van der Waals surface area contributed by atoms with Gasteiger partial charge in [-0.15, -0.1) is 0 Å². The Balaban J connectivity index is 2.03. The lowest BCUT2D eigenvalue weighted by Crippen LogP contribution is -2.27. The van der Waals surface area contributed by atoms with E-state index in [-0.39, 0.29) is 18.1 Å². The van der Waals surface area contributed by atoms with Crippen molar-refractivity contribution in [1.82, 2.24) is 4.98 Å². The van der Waals surface area contributed by atoms with E-state index in [9.17, 15) is 4.79 Å². The highest BCUT2D eigenvalue weighted by Crippen LogP contribution is 2.26. The van der Waals surface area contributed by atoms with Crippen molar-refractivity contribution in [3.63, 3.8) is 0 Å². The number of nitrogens with one attached hydrogen (secondary N) is 1. The van der Waals surface area contributed by atoms with E-state index >= 15 is 0 Å². The molecule has 2 rings (SSSR count). The Morgan fingerprint density at radius 3 is 2.84 bits per heavy atom. The average molecular weight is 278 g/mol. The quantitative estimate of drug-likeness (QED) is 0.936. The minimum Gasteiger partial charge on any atom is -0.366 e. The molecule has 5 heteroatoms. The van der Waals surface area contributed by atoms with Crippen molar-refractivity contribution in [2.75, 3.05) is 11.9 Å². The number of amides is 1. The maximum Gasteiger partial charge on any atom is 0.252 e. The summed E-state index contributed by atoms with van der Waals surface area (Å²) in [4.78, 5) is 16.1. The molecule has 4 nitrogen and oxygen atoms in total. The summed E-state index contributed by atoms with van der Waals surface area (Å²) >= 11 is 1.47. The van der Waals surface area contributed by atoms with Crippen LogP contribution in [0.2, 0.25) is 0 Å². The van der Waals surface area contributed by atoms with Crippen LogP contribution in [0.3, 0.4) is 0 Å². The first-order valence-corrected chi connectivity index (χ1v) is 6.96. The second-order valence-corrected chi connectivity index (χ2v) is 6.47. The lowest BCUT2D eigenvalue weighted by atomic mass is 10.2. The molecule has 1 amide bonds. The number of hydrogen-bond donors (Lipinski definition) is 1. The minimum absolute atomic E-state index is 0.0401. The zero-order valence-electron chi connectivity index (χ0n) is 11.6. The highest BCUT2D eigenvalue weighted by Gasteiger charge is 2.14. The fourth-order valence-corrected chi connectivity index (χ4v) is 2.50. The van der Waals surface area contributed by atoms with E-state index in [1.807, 2.05) is 39.8 Å². The Labute approximate surface area is 116 Å². The molecule has 0 unspecified atom stereocenters. The standard InChI is InChI=1S/C14H18N2O2S/c1-9-5-6-10-11(7-9)19-13(15-10)16-12(17)8-18-14(2,3)4/h5-7H,8H2,1-4H3,(H,15,16,17). The molecule has 1 aromatic carbocycles. The summed E-state index contributed by atoms with van der Waals surface area (Å²) in [6.07, 6.45) is 0. The van der Waals surface area contributed by atoms with Crippen LogP contribution in [-0.4, -0.2) is 23.1 Å². The Morgan fingerprint density at radius 2 is 2.16 bits per heavy atom. The first-order chi connectivity index (χ1) is 8.83. The topological polar surface area (TPSA) is 51.2 Å². The van der Waals surface area contributed by atoms with Crippen LogP contribution < -0.4 is 5.32 Å². The van der Waals surface area contributed by atoms with Crippen LogP contribution in [0, 0.1) is 6.92 Å². The number of hydrogen-bond acceptors (Lipinski definition) is 4.